The minimum absolute atomic E-state index is 0.0509. The average Bonchev–Trinajstić information content (AvgIpc) is 2.80. The van der Waals surface area contributed by atoms with Crippen molar-refractivity contribution in [2.75, 3.05) is 16.4 Å². The van der Waals surface area contributed by atoms with Crippen LogP contribution in [0.25, 0.3) is 9.69 Å². The molecule has 12 heteroatoms. The number of aliphatic hydroxyl groups is 2. The molecule has 0 unspecified atom stereocenters. The smallest absolute Gasteiger partial charge is 0.336 e. The second kappa shape index (κ2) is 14.5. The summed E-state index contributed by atoms with van der Waals surface area (Å²) in [5, 5.41) is 26.9. The number of aliphatic carboxylic acids is 1. The van der Waals surface area contributed by atoms with E-state index in [1.807, 2.05) is 6.92 Å². The van der Waals surface area contributed by atoms with Gasteiger partial charge in [0.15, 0.2) is 11.4 Å². The van der Waals surface area contributed by atoms with Gasteiger partial charge in [0, 0.05) is 22.6 Å². The number of carboxylic acids is 1. The molecule has 0 aliphatic rings. The molecule has 2 heterocycles. The number of aryl methyl sites for hydroxylation is 2. The Morgan fingerprint density at radius 2 is 1.43 bits per heavy atom. The number of rotatable bonds is 6. The van der Waals surface area contributed by atoms with Gasteiger partial charge >= 0.3 is 5.97 Å². The third-order valence-corrected chi connectivity index (χ3v) is 6.52. The number of hydrogen-bond acceptors (Lipinski definition) is 7. The van der Waals surface area contributed by atoms with Crippen LogP contribution < -0.4 is 5.73 Å². The minimum Gasteiger partial charge on any atom is -0.479 e. The lowest BCUT2D eigenvalue weighted by Gasteiger charge is -2.18. The largest absolute Gasteiger partial charge is 0.479 e. The van der Waals surface area contributed by atoms with Gasteiger partial charge < -0.3 is 30.7 Å². The minimum atomic E-state index is -1.62. The van der Waals surface area contributed by atoms with Crippen LogP contribution in [0, 0.1) is 27.0 Å². The molecular formula is C23H27Br2N5O5. The molecule has 5 N–H and O–H groups in total. The van der Waals surface area contributed by atoms with Gasteiger partial charge in [-0.3, -0.25) is 4.79 Å². The second-order valence-electron chi connectivity index (χ2n) is 7.84. The number of carbonyl (C=O) groups is 2. The van der Waals surface area contributed by atoms with Crippen molar-refractivity contribution >= 4 is 60.9 Å². The zero-order valence-electron chi connectivity index (χ0n) is 19.7. The van der Waals surface area contributed by atoms with Crippen molar-refractivity contribution in [2.45, 2.75) is 45.3 Å². The van der Waals surface area contributed by atoms with E-state index in [-0.39, 0.29) is 22.9 Å². The highest BCUT2D eigenvalue weighted by Crippen LogP contribution is 2.18. The van der Waals surface area contributed by atoms with Gasteiger partial charge in [-0.15, -0.1) is 9.97 Å². The van der Waals surface area contributed by atoms with E-state index in [1.54, 1.807) is 19.1 Å². The second-order valence-corrected chi connectivity index (χ2v) is 8.96. The Bertz CT molecular complexity index is 1120. The first-order chi connectivity index (χ1) is 16.1. The highest BCUT2D eigenvalue weighted by molar-refractivity contribution is 9.09. The van der Waals surface area contributed by atoms with Crippen LogP contribution in [0.3, 0.4) is 0 Å². The van der Waals surface area contributed by atoms with E-state index < -0.39 is 17.2 Å². The van der Waals surface area contributed by atoms with E-state index in [0.29, 0.717) is 22.9 Å². The van der Waals surface area contributed by atoms with Gasteiger partial charge in [-0.25, -0.2) is 4.79 Å². The Morgan fingerprint density at radius 1 is 0.971 bits per heavy atom. The molecule has 35 heavy (non-hydrogen) atoms. The number of aromatic nitrogens is 2. The molecule has 0 amide bonds. The van der Waals surface area contributed by atoms with E-state index >= 15 is 0 Å². The van der Waals surface area contributed by atoms with Gasteiger partial charge in [-0.2, -0.15) is 0 Å². The number of Topliss-reactive ketones (excluding diaryl/α,β-unsaturated/α-hetero) is 1. The molecule has 188 valence electrons. The summed E-state index contributed by atoms with van der Waals surface area (Å²) in [6.45, 7) is 19.8. The molecule has 0 radical (unpaired) electrons. The van der Waals surface area contributed by atoms with E-state index in [1.165, 1.54) is 26.2 Å². The van der Waals surface area contributed by atoms with Crippen molar-refractivity contribution < 1.29 is 24.9 Å². The van der Waals surface area contributed by atoms with Crippen LogP contribution in [0.5, 0.6) is 0 Å². The summed E-state index contributed by atoms with van der Waals surface area (Å²) >= 11 is 5.94. The highest BCUT2D eigenvalue weighted by Gasteiger charge is 2.29. The molecule has 0 fully saturated rings. The third kappa shape index (κ3) is 10.9. The highest BCUT2D eigenvalue weighted by atomic mass is 79.9. The van der Waals surface area contributed by atoms with Crippen molar-refractivity contribution in [2.24, 2.45) is 0 Å². The summed E-state index contributed by atoms with van der Waals surface area (Å²) in [5.74, 6) is -0.719. The predicted molar refractivity (Wildman–Crippen MR) is 140 cm³/mol. The number of hydrogen-bond donors (Lipinski definition) is 4. The predicted octanol–water partition coefficient (Wildman–Crippen LogP) is 3.94. The van der Waals surface area contributed by atoms with Crippen LogP contribution in [0.4, 0.5) is 17.3 Å². The van der Waals surface area contributed by atoms with Gasteiger partial charge in [0.2, 0.25) is 0 Å². The van der Waals surface area contributed by atoms with Crippen molar-refractivity contribution in [3.05, 3.63) is 64.1 Å². The Hall–Kier alpha value is -2.90. The van der Waals surface area contributed by atoms with Crippen LogP contribution >= 0.6 is 31.9 Å². The van der Waals surface area contributed by atoms with Crippen LogP contribution in [0.1, 0.15) is 30.5 Å². The molecule has 0 saturated carbocycles. The van der Waals surface area contributed by atoms with Crippen molar-refractivity contribution in [1.29, 1.82) is 0 Å². The van der Waals surface area contributed by atoms with Gasteiger partial charge in [0.05, 0.1) is 5.69 Å². The molecule has 0 aromatic carbocycles. The van der Waals surface area contributed by atoms with E-state index in [4.69, 9.17) is 29.1 Å². The quantitative estimate of drug-likeness (QED) is 0.282. The molecule has 2 rings (SSSR count). The number of anilines is 1. The Balaban J connectivity index is 0.000000545. The number of carbonyl (C=O) groups excluding carboxylic acids is 1. The maximum absolute atomic E-state index is 11.8. The first-order valence-electron chi connectivity index (χ1n) is 9.91. The summed E-state index contributed by atoms with van der Waals surface area (Å²) in [5.41, 5.74) is 5.30. The number of ketones is 1. The molecule has 0 saturated heterocycles. The molecule has 2 aromatic rings. The molecule has 0 aliphatic carbocycles. The van der Waals surface area contributed by atoms with E-state index in [0.717, 1.165) is 11.1 Å². The molecular weight excluding hydrogens is 586 g/mol. The van der Waals surface area contributed by atoms with Crippen molar-refractivity contribution in [3.63, 3.8) is 0 Å². The van der Waals surface area contributed by atoms with Crippen LogP contribution in [-0.4, -0.2) is 58.9 Å². The number of carboxylic acid groups (broad SMARTS) is 1. The number of alkyl halides is 2. The zero-order valence-corrected chi connectivity index (χ0v) is 22.9. The number of pyridine rings is 2. The zero-order chi connectivity index (χ0) is 27.4. The molecule has 2 aromatic heterocycles. The first-order valence-corrected chi connectivity index (χ1v) is 12.1. The Kier molecular flexibility index (Phi) is 13.3. The molecule has 0 bridgehead atoms. The van der Waals surface area contributed by atoms with Crippen LogP contribution in [0.15, 0.2) is 24.5 Å². The van der Waals surface area contributed by atoms with Crippen LogP contribution in [0.2, 0.25) is 0 Å². The standard InChI is InChI=1S/C12H13BrN2O2.C7H7N3.C4H7BrO3/c1-8-4-9(6-15-11(8)14-3)5-10(16)12(2,17)7-13;1-5-3-6(8)4-10-7(5)9-2;1-4(8,2-5)3(6)7/h4,6,17H,5,7H2,1-2H3;3-4H,8H2,1H3;8H,2H2,1H3,(H,6,7)/t12-;;4-/m0.0/s1. The SMILES string of the molecule is C[C@](O)(CBr)C(=O)O.[C-]#[N+]c1ncc(CC(=O)[C@@](C)(O)CBr)cc1C.[C-]#[N+]c1ncc(N)cc1C. The fourth-order valence-corrected chi connectivity index (χ4v) is 2.61. The molecule has 10 nitrogen and oxygen atoms in total. The van der Waals surface area contributed by atoms with Gasteiger partial charge in [0.1, 0.15) is 18.0 Å². The number of halogens is 2. The van der Waals surface area contributed by atoms with Crippen molar-refractivity contribution in [1.82, 2.24) is 9.97 Å². The monoisotopic (exact) mass is 611 g/mol. The summed E-state index contributed by atoms with van der Waals surface area (Å²) < 4.78 is 0. The lowest BCUT2D eigenvalue weighted by atomic mass is 9.97. The van der Waals surface area contributed by atoms with E-state index in [9.17, 15) is 14.7 Å². The van der Waals surface area contributed by atoms with E-state index in [2.05, 4.69) is 51.5 Å². The van der Waals surface area contributed by atoms with Crippen LogP contribution in [-0.2, 0) is 16.0 Å². The Morgan fingerprint density at radius 3 is 1.77 bits per heavy atom. The number of nitrogen functional groups attached to an aromatic ring is 1. The van der Waals surface area contributed by atoms with Crippen molar-refractivity contribution in [3.8, 4) is 0 Å². The Labute approximate surface area is 221 Å². The average molecular weight is 613 g/mol. The normalized spacial score (nSPS) is 13.2. The van der Waals surface area contributed by atoms with Gasteiger partial charge in [-0.05, 0) is 44.9 Å². The molecule has 0 spiro atoms. The maximum Gasteiger partial charge on any atom is 0.336 e. The maximum atomic E-state index is 11.8. The number of nitrogens with two attached hydrogens (primary N) is 1. The first kappa shape index (κ1) is 32.1. The van der Waals surface area contributed by atoms with Gasteiger partial charge in [-0.1, -0.05) is 51.1 Å². The number of nitrogens with zero attached hydrogens (tertiary/aromatic N) is 4. The molecule has 2 atom stereocenters. The lowest BCUT2D eigenvalue weighted by Crippen LogP contribution is -2.38. The topological polar surface area (TPSA) is 155 Å². The molecule has 0 aliphatic heterocycles. The fraction of sp³-hybridized carbons (Fsp3) is 0.391. The summed E-state index contributed by atoms with van der Waals surface area (Å²) in [4.78, 5) is 36.0. The summed E-state index contributed by atoms with van der Waals surface area (Å²) in [6, 6.07) is 3.49. The van der Waals surface area contributed by atoms with Gasteiger partial charge in [0.25, 0.3) is 11.6 Å². The third-order valence-electron chi connectivity index (χ3n) is 4.34. The summed E-state index contributed by atoms with van der Waals surface area (Å²) in [7, 11) is 0. The fourth-order valence-electron chi connectivity index (χ4n) is 2.05. The summed E-state index contributed by atoms with van der Waals surface area (Å²) in [6.07, 6.45) is 3.10. The lowest BCUT2D eigenvalue weighted by molar-refractivity contribution is -0.154.